The fourth-order valence-corrected chi connectivity index (χ4v) is 4.58. The molecule has 0 fully saturated rings. The molecule has 156 valence electrons. The van der Waals surface area contributed by atoms with E-state index in [1.165, 1.54) is 4.31 Å². The van der Waals surface area contributed by atoms with E-state index in [0.29, 0.717) is 38.2 Å². The lowest BCUT2D eigenvalue weighted by Gasteiger charge is -2.18. The van der Waals surface area contributed by atoms with Crippen LogP contribution in [-0.2, 0) is 37.3 Å². The second-order valence-electron chi connectivity index (χ2n) is 6.23. The maximum atomic E-state index is 12.8. The Labute approximate surface area is 166 Å². The van der Waals surface area contributed by atoms with E-state index in [9.17, 15) is 13.2 Å². The van der Waals surface area contributed by atoms with Gasteiger partial charge in [0.05, 0.1) is 29.0 Å². The minimum Gasteiger partial charge on any atom is -0.463 e. The largest absolute Gasteiger partial charge is 0.463 e. The average Bonchev–Trinajstić information content (AvgIpc) is 3.04. The molecule has 0 atom stereocenters. The molecule has 0 saturated carbocycles. The monoisotopic (exact) mass is 411 g/mol. The molecule has 1 aromatic carbocycles. The van der Waals surface area contributed by atoms with Crippen molar-refractivity contribution in [1.82, 2.24) is 13.9 Å². The Morgan fingerprint density at radius 1 is 1.18 bits per heavy atom. The summed E-state index contributed by atoms with van der Waals surface area (Å²) < 4.78 is 38.9. The third-order valence-electron chi connectivity index (χ3n) is 4.56. The first-order valence-electron chi connectivity index (χ1n) is 9.52. The van der Waals surface area contributed by atoms with Crippen molar-refractivity contribution in [3.05, 3.63) is 24.0 Å². The van der Waals surface area contributed by atoms with E-state index >= 15 is 0 Å². The Hall–Kier alpha value is -1.97. The van der Waals surface area contributed by atoms with Crippen molar-refractivity contribution in [3.8, 4) is 0 Å². The van der Waals surface area contributed by atoms with Crippen LogP contribution in [0.3, 0.4) is 0 Å². The highest BCUT2D eigenvalue weighted by Gasteiger charge is 2.23. The van der Waals surface area contributed by atoms with Crippen LogP contribution in [0.15, 0.2) is 23.1 Å². The molecule has 1 aromatic heterocycles. The molecule has 0 unspecified atom stereocenters. The SMILES string of the molecule is CCN(CC)S(=O)(=O)c1ccc2c(c1)nc(CCC(=O)OCCOC)n2CC. The molecule has 1 heterocycles. The van der Waals surface area contributed by atoms with E-state index in [0.717, 1.165) is 11.3 Å². The van der Waals surface area contributed by atoms with Gasteiger partial charge in [-0.05, 0) is 25.1 Å². The predicted octanol–water partition coefficient (Wildman–Crippen LogP) is 2.21. The van der Waals surface area contributed by atoms with Crippen LogP contribution in [0.1, 0.15) is 33.0 Å². The van der Waals surface area contributed by atoms with Crippen molar-refractivity contribution >= 4 is 27.0 Å². The van der Waals surface area contributed by atoms with Gasteiger partial charge in [-0.15, -0.1) is 0 Å². The van der Waals surface area contributed by atoms with Crippen LogP contribution in [0.4, 0.5) is 0 Å². The highest BCUT2D eigenvalue weighted by atomic mass is 32.2. The summed E-state index contributed by atoms with van der Waals surface area (Å²) >= 11 is 0. The van der Waals surface area contributed by atoms with Crippen LogP contribution in [0.5, 0.6) is 0 Å². The summed E-state index contributed by atoms with van der Waals surface area (Å²) in [6.45, 7) is 7.71. The third-order valence-corrected chi connectivity index (χ3v) is 6.61. The molecule has 8 nitrogen and oxygen atoms in total. The number of benzene rings is 1. The lowest BCUT2D eigenvalue weighted by molar-refractivity contribution is -0.144. The Morgan fingerprint density at radius 2 is 1.89 bits per heavy atom. The first-order chi connectivity index (χ1) is 13.4. The van der Waals surface area contributed by atoms with E-state index in [1.54, 1.807) is 25.3 Å². The second-order valence-corrected chi connectivity index (χ2v) is 8.16. The van der Waals surface area contributed by atoms with Crippen LogP contribution in [-0.4, -0.2) is 61.7 Å². The van der Waals surface area contributed by atoms with Gasteiger partial charge in [-0.1, -0.05) is 13.8 Å². The maximum absolute atomic E-state index is 12.8. The summed E-state index contributed by atoms with van der Waals surface area (Å²) in [6.07, 6.45) is 0.629. The van der Waals surface area contributed by atoms with Crippen molar-refractivity contribution < 1.29 is 22.7 Å². The van der Waals surface area contributed by atoms with Gasteiger partial charge in [0, 0.05) is 33.2 Å². The molecule has 28 heavy (non-hydrogen) atoms. The van der Waals surface area contributed by atoms with Crippen LogP contribution in [0, 0.1) is 0 Å². The number of aromatic nitrogens is 2. The van der Waals surface area contributed by atoms with Gasteiger partial charge in [0.25, 0.3) is 0 Å². The maximum Gasteiger partial charge on any atom is 0.306 e. The van der Waals surface area contributed by atoms with Crippen molar-refractivity contribution in [2.75, 3.05) is 33.4 Å². The molecule has 0 N–H and O–H groups in total. The van der Waals surface area contributed by atoms with Crippen molar-refractivity contribution in [2.24, 2.45) is 0 Å². The quantitative estimate of drug-likeness (QED) is 0.416. The summed E-state index contributed by atoms with van der Waals surface area (Å²) in [5.41, 5.74) is 1.46. The zero-order valence-corrected chi connectivity index (χ0v) is 17.8. The third kappa shape index (κ3) is 4.89. The molecule has 2 rings (SSSR count). The average molecular weight is 412 g/mol. The van der Waals surface area contributed by atoms with Crippen molar-refractivity contribution in [3.63, 3.8) is 0 Å². The van der Waals surface area contributed by atoms with Gasteiger partial charge >= 0.3 is 5.97 Å². The fraction of sp³-hybridized carbons (Fsp3) is 0.579. The van der Waals surface area contributed by atoms with Gasteiger partial charge in [-0.25, -0.2) is 13.4 Å². The van der Waals surface area contributed by atoms with E-state index in [-0.39, 0.29) is 23.9 Å². The molecule has 0 amide bonds. The second kappa shape index (κ2) is 9.99. The van der Waals surface area contributed by atoms with E-state index in [2.05, 4.69) is 4.98 Å². The lowest BCUT2D eigenvalue weighted by atomic mass is 10.3. The minimum atomic E-state index is -3.54. The molecule has 9 heteroatoms. The summed E-state index contributed by atoms with van der Waals surface area (Å²) in [5.74, 6) is 0.426. The van der Waals surface area contributed by atoms with Crippen LogP contribution < -0.4 is 0 Å². The number of fused-ring (bicyclic) bond motifs is 1. The van der Waals surface area contributed by atoms with Crippen LogP contribution in [0.2, 0.25) is 0 Å². The summed E-state index contributed by atoms with van der Waals surface area (Å²) in [4.78, 5) is 16.6. The number of carbonyl (C=O) groups excluding carboxylic acids is 1. The molecule has 0 saturated heterocycles. The number of methoxy groups -OCH3 is 1. The number of imidazole rings is 1. The van der Waals surface area contributed by atoms with E-state index in [1.807, 2.05) is 25.3 Å². The lowest BCUT2D eigenvalue weighted by Crippen LogP contribution is -2.30. The topological polar surface area (TPSA) is 90.7 Å². The summed E-state index contributed by atoms with van der Waals surface area (Å²) in [6, 6.07) is 5.00. The van der Waals surface area contributed by atoms with Gasteiger partial charge in [-0.3, -0.25) is 4.79 Å². The Bertz CT molecular complexity index is 904. The normalized spacial score (nSPS) is 12.0. The fourth-order valence-electron chi connectivity index (χ4n) is 3.10. The summed E-state index contributed by atoms with van der Waals surface area (Å²) in [5, 5.41) is 0. The summed E-state index contributed by atoms with van der Waals surface area (Å²) in [7, 11) is -2.00. The molecule has 0 aliphatic rings. The van der Waals surface area contributed by atoms with Crippen molar-refractivity contribution in [2.45, 2.75) is 45.1 Å². The molecule has 0 bridgehead atoms. The number of hydrogen-bond donors (Lipinski definition) is 0. The highest BCUT2D eigenvalue weighted by molar-refractivity contribution is 7.89. The standard InChI is InChI=1S/C19H29N3O5S/c1-5-21(6-2)28(24,25)15-8-9-17-16(14-15)20-18(22(17)7-3)10-11-19(23)27-13-12-26-4/h8-9,14H,5-7,10-13H2,1-4H3. The number of nitrogens with zero attached hydrogens (tertiary/aromatic N) is 3. The van der Waals surface area contributed by atoms with E-state index < -0.39 is 10.0 Å². The number of ether oxygens (including phenoxy) is 2. The predicted molar refractivity (Wildman–Crippen MR) is 107 cm³/mol. The van der Waals surface area contributed by atoms with Crippen LogP contribution >= 0.6 is 0 Å². The number of hydrogen-bond acceptors (Lipinski definition) is 6. The highest BCUT2D eigenvalue weighted by Crippen LogP contribution is 2.23. The van der Waals surface area contributed by atoms with Gasteiger partial charge in [0.1, 0.15) is 12.4 Å². The molecule has 0 radical (unpaired) electrons. The Balaban J connectivity index is 2.26. The first kappa shape index (κ1) is 22.3. The molecule has 0 aliphatic carbocycles. The number of sulfonamides is 1. The molecule has 0 aliphatic heterocycles. The molecular formula is C19H29N3O5S. The molecule has 2 aromatic rings. The van der Waals surface area contributed by atoms with Gasteiger partial charge in [0.2, 0.25) is 10.0 Å². The first-order valence-corrected chi connectivity index (χ1v) is 11.0. The number of rotatable bonds is 11. The zero-order valence-electron chi connectivity index (χ0n) is 17.0. The number of esters is 1. The smallest absolute Gasteiger partial charge is 0.306 e. The molecular weight excluding hydrogens is 382 g/mol. The van der Waals surface area contributed by atoms with Gasteiger partial charge in [0.15, 0.2) is 0 Å². The Morgan fingerprint density at radius 3 is 2.50 bits per heavy atom. The Kier molecular flexibility index (Phi) is 7.97. The number of aryl methyl sites for hydroxylation is 2. The van der Waals surface area contributed by atoms with Crippen molar-refractivity contribution in [1.29, 1.82) is 0 Å². The van der Waals surface area contributed by atoms with Gasteiger partial charge in [-0.2, -0.15) is 4.31 Å². The minimum absolute atomic E-state index is 0.206. The van der Waals surface area contributed by atoms with Crippen LogP contribution in [0.25, 0.3) is 11.0 Å². The van der Waals surface area contributed by atoms with Gasteiger partial charge < -0.3 is 14.0 Å². The van der Waals surface area contributed by atoms with E-state index in [4.69, 9.17) is 9.47 Å². The molecule has 0 spiro atoms. The zero-order chi connectivity index (χ0) is 20.7. The number of carbonyl (C=O) groups is 1.